The first-order chi connectivity index (χ1) is 12.4. The summed E-state index contributed by atoms with van der Waals surface area (Å²) in [5.74, 6) is 0. The number of fused-ring (bicyclic) bond motifs is 3. The molecule has 0 fully saturated rings. The largest absolute Gasteiger partial charge is 0.416 e. The van der Waals surface area contributed by atoms with Gasteiger partial charge in [-0.15, -0.1) is 0 Å². The van der Waals surface area contributed by atoms with Crippen LogP contribution in [0.5, 0.6) is 0 Å². The zero-order chi connectivity index (χ0) is 18.5. The predicted molar refractivity (Wildman–Crippen MR) is 85.0 cm³/mol. The van der Waals surface area contributed by atoms with Crippen LogP contribution in [0.15, 0.2) is 41.7 Å². The van der Waals surface area contributed by atoms with Gasteiger partial charge in [-0.05, 0) is 18.2 Å². The lowest BCUT2D eigenvalue weighted by atomic mass is 10.2. The first-order valence-electron chi connectivity index (χ1n) is 7.44. The number of imidazole rings is 2. The van der Waals surface area contributed by atoms with Crippen molar-refractivity contribution >= 4 is 23.0 Å². The number of H-pyrrole nitrogens is 1. The number of aromatic amines is 1. The van der Waals surface area contributed by atoms with Crippen LogP contribution in [0.3, 0.4) is 0 Å². The minimum absolute atomic E-state index is 0.000875. The summed E-state index contributed by atoms with van der Waals surface area (Å²) < 4.78 is 41.9. The van der Waals surface area contributed by atoms with Crippen LogP contribution in [0.1, 0.15) is 21.7 Å². The Bertz CT molecular complexity index is 1190. The van der Waals surface area contributed by atoms with Crippen molar-refractivity contribution in [3.05, 3.63) is 64.2 Å². The molecule has 3 aromatic heterocycles. The van der Waals surface area contributed by atoms with Crippen LogP contribution < -0.4 is 5.56 Å². The number of benzene rings is 1. The lowest BCUT2D eigenvalue weighted by molar-refractivity contribution is -0.137. The van der Waals surface area contributed by atoms with Crippen molar-refractivity contribution in [3.63, 3.8) is 0 Å². The average molecular weight is 361 g/mol. The second-order valence-electron chi connectivity index (χ2n) is 5.64. The number of hydrogen-bond donors (Lipinski definition) is 1. The smallest absolute Gasteiger partial charge is 0.331 e. The molecular weight excluding hydrogens is 351 g/mol. The monoisotopic (exact) mass is 361 g/mol. The van der Waals surface area contributed by atoms with Gasteiger partial charge in [-0.1, -0.05) is 0 Å². The zero-order valence-corrected chi connectivity index (χ0v) is 13.0. The zero-order valence-electron chi connectivity index (χ0n) is 13.0. The third-order valence-corrected chi connectivity index (χ3v) is 4.02. The summed E-state index contributed by atoms with van der Waals surface area (Å²) in [6.07, 6.45) is 0.692. The minimum atomic E-state index is -4.54. The third kappa shape index (κ3) is 2.46. The third-order valence-electron chi connectivity index (χ3n) is 4.02. The molecule has 0 amide bonds. The molecule has 0 spiro atoms. The fraction of sp³-hybridized carbons (Fsp3) is 0.125. The molecule has 4 rings (SSSR count). The van der Waals surface area contributed by atoms with Gasteiger partial charge in [-0.3, -0.25) is 14.0 Å². The van der Waals surface area contributed by atoms with Gasteiger partial charge in [-0.25, -0.2) is 9.97 Å². The highest BCUT2D eigenvalue weighted by atomic mass is 19.4. The fourth-order valence-corrected chi connectivity index (χ4v) is 2.87. The van der Waals surface area contributed by atoms with E-state index in [0.717, 1.165) is 12.1 Å². The van der Waals surface area contributed by atoms with Crippen molar-refractivity contribution in [3.8, 4) is 0 Å². The quantitative estimate of drug-likeness (QED) is 0.567. The lowest BCUT2D eigenvalue weighted by Gasteiger charge is -2.10. The van der Waals surface area contributed by atoms with Crippen molar-refractivity contribution in [1.82, 2.24) is 23.9 Å². The number of halogens is 3. The predicted octanol–water partition coefficient (Wildman–Crippen LogP) is 2.25. The molecule has 1 aromatic carbocycles. The van der Waals surface area contributed by atoms with E-state index in [1.807, 2.05) is 0 Å². The molecule has 0 atom stereocenters. The molecule has 0 saturated heterocycles. The topological polar surface area (TPSA) is 85.0 Å². The fourth-order valence-electron chi connectivity index (χ4n) is 2.87. The maximum atomic E-state index is 13.0. The van der Waals surface area contributed by atoms with Crippen LogP contribution in [0.4, 0.5) is 13.2 Å². The molecule has 0 unspecified atom stereocenters. The van der Waals surface area contributed by atoms with E-state index in [1.165, 1.54) is 16.8 Å². The summed E-state index contributed by atoms with van der Waals surface area (Å²) >= 11 is 0. The first-order valence-corrected chi connectivity index (χ1v) is 7.44. The molecule has 3 heterocycles. The molecule has 0 aliphatic carbocycles. The molecule has 26 heavy (non-hydrogen) atoms. The Kier molecular flexibility index (Phi) is 3.43. The van der Waals surface area contributed by atoms with Crippen molar-refractivity contribution < 1.29 is 18.0 Å². The maximum Gasteiger partial charge on any atom is 0.416 e. The molecular formula is C16H10F3N5O2. The highest BCUT2D eigenvalue weighted by Crippen LogP contribution is 2.31. The van der Waals surface area contributed by atoms with Crippen LogP contribution in [0.2, 0.25) is 0 Å². The summed E-state index contributed by atoms with van der Waals surface area (Å²) in [6.45, 7) is 0.175. The Hall–Kier alpha value is -3.43. The minimum Gasteiger partial charge on any atom is -0.331 e. The number of hydrogen-bond acceptors (Lipinski definition) is 4. The van der Waals surface area contributed by atoms with E-state index in [9.17, 15) is 22.8 Å². The van der Waals surface area contributed by atoms with E-state index in [1.54, 1.807) is 17.0 Å². The van der Waals surface area contributed by atoms with Gasteiger partial charge in [0, 0.05) is 12.4 Å². The summed E-state index contributed by atoms with van der Waals surface area (Å²) in [5.41, 5.74) is -0.902. The standard InChI is InChI=1S/C16H10F3N5O2/c17-16(18,19)9-1-2-12-10(5-9)22-15(26)14-21-11(7-25)13(24(12)14)6-23-4-3-20-8-23/h1-5,7-8H,6H2,(H,22,26). The molecule has 4 aromatic rings. The second-order valence-corrected chi connectivity index (χ2v) is 5.64. The van der Waals surface area contributed by atoms with Crippen molar-refractivity contribution in [2.24, 2.45) is 0 Å². The van der Waals surface area contributed by atoms with E-state index in [-0.39, 0.29) is 23.4 Å². The molecule has 0 aliphatic heterocycles. The number of aldehydes is 1. The molecule has 0 radical (unpaired) electrons. The number of rotatable bonds is 3. The first kappa shape index (κ1) is 16.1. The van der Waals surface area contributed by atoms with Gasteiger partial charge < -0.3 is 9.55 Å². The van der Waals surface area contributed by atoms with Crippen molar-refractivity contribution in [2.45, 2.75) is 12.7 Å². The van der Waals surface area contributed by atoms with Crippen LogP contribution in [0.25, 0.3) is 16.7 Å². The van der Waals surface area contributed by atoms with Gasteiger partial charge in [-0.2, -0.15) is 13.2 Å². The van der Waals surface area contributed by atoms with E-state index < -0.39 is 17.3 Å². The molecule has 7 nitrogen and oxygen atoms in total. The number of alkyl halides is 3. The van der Waals surface area contributed by atoms with Crippen molar-refractivity contribution in [2.75, 3.05) is 0 Å². The Morgan fingerprint density at radius 3 is 2.73 bits per heavy atom. The Labute approximate surface area is 142 Å². The van der Waals surface area contributed by atoms with Crippen LogP contribution >= 0.6 is 0 Å². The highest BCUT2D eigenvalue weighted by Gasteiger charge is 2.31. The van der Waals surface area contributed by atoms with Crippen LogP contribution in [-0.4, -0.2) is 30.2 Å². The summed E-state index contributed by atoms with van der Waals surface area (Å²) in [4.78, 5) is 34.0. The van der Waals surface area contributed by atoms with Gasteiger partial charge >= 0.3 is 6.18 Å². The second kappa shape index (κ2) is 5.55. The number of nitrogens with zero attached hydrogens (tertiary/aromatic N) is 4. The van der Waals surface area contributed by atoms with E-state index >= 15 is 0 Å². The van der Waals surface area contributed by atoms with Crippen LogP contribution in [0, 0.1) is 0 Å². The molecule has 10 heteroatoms. The highest BCUT2D eigenvalue weighted by molar-refractivity contribution is 5.82. The molecule has 0 bridgehead atoms. The lowest BCUT2D eigenvalue weighted by Crippen LogP contribution is -2.14. The summed E-state index contributed by atoms with van der Waals surface area (Å²) in [6, 6.07) is 3.02. The number of aromatic nitrogens is 5. The van der Waals surface area contributed by atoms with Crippen LogP contribution in [-0.2, 0) is 12.7 Å². The van der Waals surface area contributed by atoms with Gasteiger partial charge in [0.25, 0.3) is 5.56 Å². The Balaban J connectivity index is 2.06. The summed E-state index contributed by atoms with van der Waals surface area (Å²) in [7, 11) is 0. The van der Waals surface area contributed by atoms with Gasteiger partial charge in [0.2, 0.25) is 5.65 Å². The molecule has 0 saturated carbocycles. The van der Waals surface area contributed by atoms with E-state index in [2.05, 4.69) is 15.0 Å². The molecule has 0 aliphatic rings. The number of carbonyl (C=O) groups is 1. The van der Waals surface area contributed by atoms with Crippen molar-refractivity contribution in [1.29, 1.82) is 0 Å². The number of nitrogens with one attached hydrogen (secondary N) is 1. The maximum absolute atomic E-state index is 13.0. The molecule has 1 N–H and O–H groups in total. The van der Waals surface area contributed by atoms with Gasteiger partial charge in [0.05, 0.1) is 35.2 Å². The normalized spacial score (nSPS) is 12.1. The average Bonchev–Trinajstić information content (AvgIpc) is 3.22. The number of carbonyl (C=O) groups excluding carboxylic acids is 1. The Morgan fingerprint density at radius 1 is 1.27 bits per heavy atom. The molecule has 132 valence electrons. The van der Waals surface area contributed by atoms with E-state index in [4.69, 9.17) is 0 Å². The van der Waals surface area contributed by atoms with E-state index in [0.29, 0.717) is 17.5 Å². The summed E-state index contributed by atoms with van der Waals surface area (Å²) in [5, 5.41) is 0. The van der Waals surface area contributed by atoms with Gasteiger partial charge in [0.1, 0.15) is 5.69 Å². The van der Waals surface area contributed by atoms with Gasteiger partial charge in [0.15, 0.2) is 6.29 Å². The SMILES string of the molecule is O=Cc1nc2c(=O)[nH]c3cc(C(F)(F)F)ccc3n2c1Cn1ccnc1. The Morgan fingerprint density at radius 2 is 2.08 bits per heavy atom.